The lowest BCUT2D eigenvalue weighted by Gasteiger charge is -2.33. The van der Waals surface area contributed by atoms with Crippen molar-refractivity contribution in [2.24, 2.45) is 0 Å². The molecule has 0 radical (unpaired) electrons. The number of fused-ring (bicyclic) bond motifs is 1. The zero-order valence-corrected chi connectivity index (χ0v) is 20.5. The summed E-state index contributed by atoms with van der Waals surface area (Å²) in [7, 11) is -10.3. The van der Waals surface area contributed by atoms with Gasteiger partial charge in [-0.2, -0.15) is 0 Å². The summed E-state index contributed by atoms with van der Waals surface area (Å²) in [6.07, 6.45) is -0.636. The summed E-state index contributed by atoms with van der Waals surface area (Å²) in [5.41, 5.74) is 0.125. The Morgan fingerprint density at radius 3 is 1.69 bits per heavy atom. The fourth-order valence-corrected chi connectivity index (χ4v) is 8.88. The summed E-state index contributed by atoms with van der Waals surface area (Å²) in [6, 6.07) is 24.9. The SMILES string of the molecule is CC(=O)CC(c1cccc2ccccc12)C(F)(S(=O)(=O)c1ccccc1)S(=O)(=O)c1ccccc1. The van der Waals surface area contributed by atoms with Crippen molar-refractivity contribution in [1.82, 2.24) is 0 Å². The molecular formula is C27H23FO5S2. The Kier molecular flexibility index (Phi) is 6.62. The fraction of sp³-hybridized carbons (Fsp3) is 0.148. The van der Waals surface area contributed by atoms with E-state index >= 15 is 4.39 Å². The summed E-state index contributed by atoms with van der Waals surface area (Å²) in [5.74, 6) is -2.38. The molecule has 4 aromatic rings. The van der Waals surface area contributed by atoms with Gasteiger partial charge >= 0.3 is 4.33 Å². The van der Waals surface area contributed by atoms with Crippen LogP contribution in [-0.4, -0.2) is 27.0 Å². The summed E-state index contributed by atoms with van der Waals surface area (Å²) in [6.45, 7) is 1.18. The van der Waals surface area contributed by atoms with Crippen LogP contribution in [-0.2, 0) is 24.5 Å². The fourth-order valence-electron chi connectivity index (χ4n) is 4.30. The third-order valence-corrected chi connectivity index (χ3v) is 11.1. The van der Waals surface area contributed by atoms with E-state index in [0.717, 1.165) is 24.3 Å². The van der Waals surface area contributed by atoms with Crippen molar-refractivity contribution in [3.63, 3.8) is 0 Å². The number of halogens is 1. The van der Waals surface area contributed by atoms with Crippen molar-refractivity contribution in [2.45, 2.75) is 33.4 Å². The van der Waals surface area contributed by atoms with Crippen molar-refractivity contribution in [2.75, 3.05) is 0 Å². The predicted molar refractivity (Wildman–Crippen MR) is 133 cm³/mol. The number of Topliss-reactive ketones (excluding diaryl/α,β-unsaturated/α-hetero) is 1. The number of alkyl halides is 1. The van der Waals surface area contributed by atoms with Crippen LogP contribution in [0.5, 0.6) is 0 Å². The van der Waals surface area contributed by atoms with Crippen LogP contribution in [0.2, 0.25) is 0 Å². The maximum Gasteiger partial charge on any atom is 0.324 e. The molecule has 0 N–H and O–H groups in total. The summed E-state index contributed by atoms with van der Waals surface area (Å²) in [4.78, 5) is 11.4. The van der Waals surface area contributed by atoms with Crippen LogP contribution in [0.25, 0.3) is 10.8 Å². The highest BCUT2D eigenvalue weighted by Gasteiger charge is 2.63. The Bertz CT molecular complexity index is 1510. The van der Waals surface area contributed by atoms with Crippen LogP contribution >= 0.6 is 0 Å². The molecule has 0 aliphatic carbocycles. The molecule has 0 saturated carbocycles. The van der Waals surface area contributed by atoms with Crippen molar-refractivity contribution in [3.05, 3.63) is 109 Å². The van der Waals surface area contributed by atoms with Gasteiger partial charge in [-0.3, -0.25) is 0 Å². The number of sulfone groups is 2. The van der Waals surface area contributed by atoms with E-state index in [1.807, 2.05) is 0 Å². The van der Waals surface area contributed by atoms with Crippen molar-refractivity contribution in [1.29, 1.82) is 0 Å². The second-order valence-electron chi connectivity index (χ2n) is 8.24. The molecule has 180 valence electrons. The molecule has 4 rings (SSSR count). The lowest BCUT2D eigenvalue weighted by atomic mass is 9.90. The molecule has 0 aliphatic rings. The van der Waals surface area contributed by atoms with Crippen LogP contribution < -0.4 is 0 Å². The van der Waals surface area contributed by atoms with E-state index in [1.165, 1.54) is 37.3 Å². The third kappa shape index (κ3) is 4.17. The maximum atomic E-state index is 17.6. The quantitative estimate of drug-likeness (QED) is 0.314. The van der Waals surface area contributed by atoms with Gasteiger partial charge in [0, 0.05) is 6.42 Å². The zero-order valence-electron chi connectivity index (χ0n) is 18.8. The summed E-state index contributed by atoms with van der Waals surface area (Å²) < 4.78 is 69.5. The molecule has 4 aromatic carbocycles. The molecule has 0 bridgehead atoms. The minimum atomic E-state index is -5.17. The van der Waals surface area contributed by atoms with E-state index in [9.17, 15) is 21.6 Å². The standard InChI is InChI=1S/C27H23FO5S2/c1-20(29)19-26(25-18-10-12-21-11-8-9-17-24(21)25)27(28,34(30,31)22-13-4-2-5-14-22)35(32,33)23-15-6-3-7-16-23/h2-18,26H,19H2,1H3. The van der Waals surface area contributed by atoms with Crippen molar-refractivity contribution in [3.8, 4) is 0 Å². The van der Waals surface area contributed by atoms with E-state index in [1.54, 1.807) is 48.5 Å². The summed E-state index contributed by atoms with van der Waals surface area (Å²) >= 11 is 0. The maximum absolute atomic E-state index is 17.6. The largest absolute Gasteiger partial charge is 0.324 e. The first-order valence-electron chi connectivity index (χ1n) is 10.9. The molecule has 1 atom stereocenters. The van der Waals surface area contributed by atoms with Crippen LogP contribution in [0.3, 0.4) is 0 Å². The van der Waals surface area contributed by atoms with Gasteiger partial charge in [-0.15, -0.1) is 0 Å². The molecule has 0 amide bonds. The van der Waals surface area contributed by atoms with Gasteiger partial charge in [-0.1, -0.05) is 78.9 Å². The molecule has 0 heterocycles. The molecule has 0 saturated heterocycles. The Morgan fingerprint density at radius 2 is 1.17 bits per heavy atom. The molecule has 0 spiro atoms. The van der Waals surface area contributed by atoms with Gasteiger partial charge < -0.3 is 4.79 Å². The number of benzene rings is 4. The smallest absolute Gasteiger partial charge is 0.300 e. The van der Waals surface area contributed by atoms with Gasteiger partial charge in [-0.05, 0) is 47.5 Å². The molecule has 0 fully saturated rings. The van der Waals surface area contributed by atoms with Crippen LogP contribution in [0.4, 0.5) is 4.39 Å². The number of carbonyl (C=O) groups excluding carboxylic acids is 1. The lowest BCUT2D eigenvalue weighted by molar-refractivity contribution is -0.117. The van der Waals surface area contributed by atoms with Gasteiger partial charge in [-0.25, -0.2) is 21.2 Å². The Morgan fingerprint density at radius 1 is 0.714 bits per heavy atom. The minimum absolute atomic E-state index is 0.125. The summed E-state index contributed by atoms with van der Waals surface area (Å²) in [5, 5.41) is 1.13. The van der Waals surface area contributed by atoms with Crippen LogP contribution in [0, 0.1) is 0 Å². The number of hydrogen-bond donors (Lipinski definition) is 0. The van der Waals surface area contributed by atoms with Gasteiger partial charge in [0.05, 0.1) is 15.7 Å². The normalized spacial score (nSPS) is 13.4. The number of carbonyl (C=O) groups is 1. The number of hydrogen-bond acceptors (Lipinski definition) is 5. The number of rotatable bonds is 8. The molecule has 0 aromatic heterocycles. The Labute approximate surface area is 204 Å². The minimum Gasteiger partial charge on any atom is -0.300 e. The Balaban J connectivity index is 2.12. The zero-order chi connectivity index (χ0) is 25.3. The average Bonchev–Trinajstić information content (AvgIpc) is 2.87. The van der Waals surface area contributed by atoms with Gasteiger partial charge in [0.15, 0.2) is 0 Å². The predicted octanol–water partition coefficient (Wildman–Crippen LogP) is 5.47. The first-order valence-corrected chi connectivity index (χ1v) is 13.8. The molecule has 35 heavy (non-hydrogen) atoms. The molecule has 1 unspecified atom stereocenters. The Hall–Kier alpha value is -3.36. The van der Waals surface area contributed by atoms with Crippen LogP contribution in [0.1, 0.15) is 24.8 Å². The highest BCUT2D eigenvalue weighted by Crippen LogP contribution is 2.49. The van der Waals surface area contributed by atoms with Crippen molar-refractivity contribution >= 4 is 36.2 Å². The van der Waals surface area contributed by atoms with E-state index in [2.05, 4.69) is 0 Å². The second-order valence-corrected chi connectivity index (χ2v) is 12.6. The first-order chi connectivity index (χ1) is 16.6. The van der Waals surface area contributed by atoms with E-state index in [-0.39, 0.29) is 5.56 Å². The van der Waals surface area contributed by atoms with Crippen LogP contribution in [0.15, 0.2) is 113 Å². The van der Waals surface area contributed by atoms with Crippen molar-refractivity contribution < 1.29 is 26.0 Å². The first kappa shape index (κ1) is 24.8. The lowest BCUT2D eigenvalue weighted by Crippen LogP contribution is -2.48. The average molecular weight is 511 g/mol. The van der Waals surface area contributed by atoms with Gasteiger partial charge in [0.1, 0.15) is 5.78 Å². The molecular weight excluding hydrogens is 487 g/mol. The molecule has 5 nitrogen and oxygen atoms in total. The monoisotopic (exact) mass is 510 g/mol. The van der Waals surface area contributed by atoms with Gasteiger partial charge in [0.2, 0.25) is 19.7 Å². The third-order valence-electron chi connectivity index (χ3n) is 5.95. The highest BCUT2D eigenvalue weighted by atomic mass is 32.3. The molecule has 0 aliphatic heterocycles. The topological polar surface area (TPSA) is 85.3 Å². The van der Waals surface area contributed by atoms with Gasteiger partial charge in [0.25, 0.3) is 0 Å². The van der Waals surface area contributed by atoms with E-state index in [4.69, 9.17) is 0 Å². The van der Waals surface area contributed by atoms with E-state index < -0.39 is 51.9 Å². The van der Waals surface area contributed by atoms with E-state index in [0.29, 0.717) is 10.8 Å². The second kappa shape index (κ2) is 9.36. The molecule has 8 heteroatoms. The number of ketones is 1. The highest BCUT2D eigenvalue weighted by molar-refractivity contribution is 8.10.